The van der Waals surface area contributed by atoms with E-state index < -0.39 is 0 Å². The SMILES string of the molecule is CCCN(CCN)C(=O)c1c(C)cc(C)cc1C. The van der Waals surface area contributed by atoms with E-state index in [0.717, 1.165) is 29.7 Å². The summed E-state index contributed by atoms with van der Waals surface area (Å²) in [6, 6.07) is 4.12. The van der Waals surface area contributed by atoms with E-state index in [-0.39, 0.29) is 5.91 Å². The molecule has 2 N–H and O–H groups in total. The van der Waals surface area contributed by atoms with Gasteiger partial charge in [0.05, 0.1) is 0 Å². The number of aryl methyl sites for hydroxylation is 3. The minimum Gasteiger partial charge on any atom is -0.337 e. The maximum Gasteiger partial charge on any atom is 0.254 e. The topological polar surface area (TPSA) is 46.3 Å². The van der Waals surface area contributed by atoms with E-state index in [4.69, 9.17) is 5.73 Å². The number of rotatable bonds is 5. The molecule has 0 aliphatic carbocycles. The molecular formula is C15H24N2O. The predicted octanol–water partition coefficient (Wildman–Crippen LogP) is 2.42. The van der Waals surface area contributed by atoms with Crippen molar-refractivity contribution in [2.75, 3.05) is 19.6 Å². The molecule has 3 nitrogen and oxygen atoms in total. The second-order valence-electron chi connectivity index (χ2n) is 4.85. The van der Waals surface area contributed by atoms with Crippen LogP contribution in [0.1, 0.15) is 40.4 Å². The molecular weight excluding hydrogens is 224 g/mol. The van der Waals surface area contributed by atoms with E-state index in [1.54, 1.807) is 0 Å². The van der Waals surface area contributed by atoms with Gasteiger partial charge < -0.3 is 10.6 Å². The summed E-state index contributed by atoms with van der Waals surface area (Å²) in [5.41, 5.74) is 9.72. The minimum absolute atomic E-state index is 0.109. The number of benzene rings is 1. The molecule has 1 aromatic carbocycles. The molecule has 0 saturated heterocycles. The summed E-state index contributed by atoms with van der Waals surface area (Å²) < 4.78 is 0. The monoisotopic (exact) mass is 248 g/mol. The van der Waals surface area contributed by atoms with Gasteiger partial charge in [-0.15, -0.1) is 0 Å². The molecule has 1 amide bonds. The number of nitrogens with two attached hydrogens (primary N) is 1. The molecule has 0 fully saturated rings. The predicted molar refractivity (Wildman–Crippen MR) is 75.9 cm³/mol. The fraction of sp³-hybridized carbons (Fsp3) is 0.533. The standard InChI is InChI=1S/C15H24N2O/c1-5-7-17(8-6-16)15(18)14-12(3)9-11(2)10-13(14)4/h9-10H,5-8,16H2,1-4H3. The molecule has 0 heterocycles. The average Bonchev–Trinajstić information content (AvgIpc) is 2.27. The Morgan fingerprint density at radius 1 is 1.17 bits per heavy atom. The van der Waals surface area contributed by atoms with Crippen molar-refractivity contribution in [1.29, 1.82) is 0 Å². The molecule has 3 heteroatoms. The Bertz CT molecular complexity index is 397. The number of carbonyl (C=O) groups excluding carboxylic acids is 1. The maximum absolute atomic E-state index is 12.5. The third kappa shape index (κ3) is 3.33. The van der Waals surface area contributed by atoms with Crippen molar-refractivity contribution in [2.24, 2.45) is 5.73 Å². The lowest BCUT2D eigenvalue weighted by Gasteiger charge is -2.23. The third-order valence-corrected chi connectivity index (χ3v) is 3.07. The molecule has 0 unspecified atom stereocenters. The largest absolute Gasteiger partial charge is 0.337 e. The van der Waals surface area contributed by atoms with E-state index in [1.165, 1.54) is 5.56 Å². The lowest BCUT2D eigenvalue weighted by Crippen LogP contribution is -2.36. The zero-order valence-corrected chi connectivity index (χ0v) is 11.9. The lowest BCUT2D eigenvalue weighted by molar-refractivity contribution is 0.0759. The zero-order valence-electron chi connectivity index (χ0n) is 11.9. The van der Waals surface area contributed by atoms with Gasteiger partial charge in [0.1, 0.15) is 0 Å². The van der Waals surface area contributed by atoms with Crippen molar-refractivity contribution in [2.45, 2.75) is 34.1 Å². The first-order valence-electron chi connectivity index (χ1n) is 6.58. The summed E-state index contributed by atoms with van der Waals surface area (Å²) >= 11 is 0. The molecule has 1 rings (SSSR count). The average molecular weight is 248 g/mol. The molecule has 0 saturated carbocycles. The van der Waals surface area contributed by atoms with Gasteiger partial charge >= 0.3 is 0 Å². The van der Waals surface area contributed by atoms with Gasteiger partial charge in [-0.05, 0) is 38.3 Å². The van der Waals surface area contributed by atoms with Crippen LogP contribution >= 0.6 is 0 Å². The van der Waals surface area contributed by atoms with E-state index in [2.05, 4.69) is 26.0 Å². The van der Waals surface area contributed by atoms with Crippen molar-refractivity contribution in [3.05, 3.63) is 34.4 Å². The van der Waals surface area contributed by atoms with Gasteiger partial charge in [0.2, 0.25) is 0 Å². The Hall–Kier alpha value is -1.35. The Labute approximate surface area is 110 Å². The molecule has 0 atom stereocenters. The van der Waals surface area contributed by atoms with Gasteiger partial charge in [0.25, 0.3) is 5.91 Å². The normalized spacial score (nSPS) is 10.5. The highest BCUT2D eigenvalue weighted by Crippen LogP contribution is 2.18. The minimum atomic E-state index is 0.109. The van der Waals surface area contributed by atoms with Gasteiger partial charge in [-0.3, -0.25) is 4.79 Å². The second kappa shape index (κ2) is 6.55. The fourth-order valence-corrected chi connectivity index (χ4v) is 2.42. The fourth-order valence-electron chi connectivity index (χ4n) is 2.42. The molecule has 0 aliphatic heterocycles. The lowest BCUT2D eigenvalue weighted by atomic mass is 9.98. The number of hydrogen-bond donors (Lipinski definition) is 1. The molecule has 0 spiro atoms. The van der Waals surface area contributed by atoms with Gasteiger partial charge in [-0.2, -0.15) is 0 Å². The second-order valence-corrected chi connectivity index (χ2v) is 4.85. The van der Waals surface area contributed by atoms with E-state index in [9.17, 15) is 4.79 Å². The summed E-state index contributed by atoms with van der Waals surface area (Å²) in [5.74, 6) is 0.109. The van der Waals surface area contributed by atoms with Crippen LogP contribution < -0.4 is 5.73 Å². The van der Waals surface area contributed by atoms with Crippen LogP contribution in [0.15, 0.2) is 12.1 Å². The quantitative estimate of drug-likeness (QED) is 0.870. The molecule has 100 valence electrons. The summed E-state index contributed by atoms with van der Waals surface area (Å²) in [7, 11) is 0. The van der Waals surface area contributed by atoms with Crippen LogP contribution in [0.25, 0.3) is 0 Å². The Kier molecular flexibility index (Phi) is 5.35. The third-order valence-electron chi connectivity index (χ3n) is 3.07. The van der Waals surface area contributed by atoms with Crippen LogP contribution in [0.5, 0.6) is 0 Å². The first kappa shape index (κ1) is 14.7. The molecule has 0 bridgehead atoms. The molecule has 0 radical (unpaired) electrons. The molecule has 18 heavy (non-hydrogen) atoms. The van der Waals surface area contributed by atoms with Gasteiger partial charge in [-0.25, -0.2) is 0 Å². The Morgan fingerprint density at radius 3 is 2.17 bits per heavy atom. The smallest absolute Gasteiger partial charge is 0.254 e. The first-order valence-corrected chi connectivity index (χ1v) is 6.58. The van der Waals surface area contributed by atoms with Crippen molar-refractivity contribution in [3.63, 3.8) is 0 Å². The summed E-state index contributed by atoms with van der Waals surface area (Å²) in [5, 5.41) is 0. The molecule has 1 aromatic rings. The summed E-state index contributed by atoms with van der Waals surface area (Å²) in [6.45, 7) is 10.0. The summed E-state index contributed by atoms with van der Waals surface area (Å²) in [4.78, 5) is 14.4. The van der Waals surface area contributed by atoms with Crippen LogP contribution in [0, 0.1) is 20.8 Å². The zero-order chi connectivity index (χ0) is 13.7. The van der Waals surface area contributed by atoms with Gasteiger partial charge in [0, 0.05) is 25.2 Å². The van der Waals surface area contributed by atoms with Crippen molar-refractivity contribution >= 4 is 5.91 Å². The van der Waals surface area contributed by atoms with E-state index in [0.29, 0.717) is 13.1 Å². The van der Waals surface area contributed by atoms with Crippen LogP contribution in [0.3, 0.4) is 0 Å². The number of amides is 1. The number of carbonyl (C=O) groups is 1. The maximum atomic E-state index is 12.5. The van der Waals surface area contributed by atoms with Gasteiger partial charge in [-0.1, -0.05) is 24.6 Å². The highest BCUT2D eigenvalue weighted by atomic mass is 16.2. The highest BCUT2D eigenvalue weighted by Gasteiger charge is 2.18. The first-order chi connectivity index (χ1) is 8.51. The Morgan fingerprint density at radius 2 is 1.72 bits per heavy atom. The van der Waals surface area contributed by atoms with Crippen LogP contribution in [-0.2, 0) is 0 Å². The van der Waals surface area contributed by atoms with Gasteiger partial charge in [0.15, 0.2) is 0 Å². The molecule has 0 aliphatic rings. The van der Waals surface area contributed by atoms with Crippen LogP contribution in [-0.4, -0.2) is 30.4 Å². The number of hydrogen-bond acceptors (Lipinski definition) is 2. The summed E-state index contributed by atoms with van der Waals surface area (Å²) in [6.07, 6.45) is 0.954. The highest BCUT2D eigenvalue weighted by molar-refractivity contribution is 5.97. The molecule has 0 aromatic heterocycles. The van der Waals surface area contributed by atoms with E-state index in [1.807, 2.05) is 18.7 Å². The van der Waals surface area contributed by atoms with Crippen molar-refractivity contribution < 1.29 is 4.79 Å². The van der Waals surface area contributed by atoms with Crippen molar-refractivity contribution in [1.82, 2.24) is 4.90 Å². The van der Waals surface area contributed by atoms with Crippen LogP contribution in [0.4, 0.5) is 0 Å². The van der Waals surface area contributed by atoms with Crippen LogP contribution in [0.2, 0.25) is 0 Å². The van der Waals surface area contributed by atoms with E-state index >= 15 is 0 Å². The van der Waals surface area contributed by atoms with Crippen molar-refractivity contribution in [3.8, 4) is 0 Å². The number of nitrogens with zero attached hydrogens (tertiary/aromatic N) is 1. The Balaban J connectivity index is 3.08.